The van der Waals surface area contributed by atoms with Gasteiger partial charge in [-0.3, -0.25) is 4.90 Å². The summed E-state index contributed by atoms with van der Waals surface area (Å²) in [5.41, 5.74) is 2.39. The van der Waals surface area contributed by atoms with Crippen LogP contribution < -0.4 is 10.1 Å². The Morgan fingerprint density at radius 3 is 2.96 bits per heavy atom. The second-order valence-corrected chi connectivity index (χ2v) is 7.78. The molecule has 4 heteroatoms. The van der Waals surface area contributed by atoms with E-state index in [9.17, 15) is 5.11 Å². The molecular weight excluding hydrogens is 300 g/mol. The maximum absolute atomic E-state index is 11.3. The quantitative estimate of drug-likeness (QED) is 0.890. The Labute approximate surface area is 145 Å². The van der Waals surface area contributed by atoms with E-state index in [2.05, 4.69) is 29.3 Å². The lowest BCUT2D eigenvalue weighted by Crippen LogP contribution is -2.58. The molecular formula is C20H30N2O2. The van der Waals surface area contributed by atoms with Crippen LogP contribution in [0.25, 0.3) is 0 Å². The summed E-state index contributed by atoms with van der Waals surface area (Å²) in [6.45, 7) is 5.60. The molecule has 2 unspecified atom stereocenters. The van der Waals surface area contributed by atoms with E-state index in [0.29, 0.717) is 6.04 Å². The predicted molar refractivity (Wildman–Crippen MR) is 96.7 cm³/mol. The molecule has 4 aliphatic rings. The highest BCUT2D eigenvalue weighted by Crippen LogP contribution is 2.44. The molecule has 1 aromatic rings. The number of piperidine rings is 3. The number of aliphatic hydroxyl groups is 1. The van der Waals surface area contributed by atoms with Crippen LogP contribution in [0, 0.1) is 11.8 Å². The minimum Gasteiger partial charge on any atom is -0.497 e. The van der Waals surface area contributed by atoms with E-state index in [4.69, 9.17) is 4.74 Å². The van der Waals surface area contributed by atoms with Crippen molar-refractivity contribution in [3.63, 3.8) is 0 Å². The number of nitrogens with zero attached hydrogens (tertiary/aromatic N) is 1. The molecule has 0 saturated carbocycles. The normalized spacial score (nSPS) is 35.9. The van der Waals surface area contributed by atoms with Crippen LogP contribution >= 0.6 is 0 Å². The van der Waals surface area contributed by atoms with Gasteiger partial charge in [0.05, 0.1) is 13.2 Å². The molecule has 132 valence electrons. The SMILES string of the molecule is CC[C@H]1CN2CC[C@H]1C[C@@H]2[C@@H](O)C1CCNc2ccc(OC)cc21. The fourth-order valence-electron chi connectivity index (χ4n) is 5.27. The molecule has 4 aliphatic heterocycles. The van der Waals surface area contributed by atoms with Crippen molar-refractivity contribution in [1.29, 1.82) is 0 Å². The first-order valence-electron chi connectivity index (χ1n) is 9.55. The van der Waals surface area contributed by atoms with Gasteiger partial charge in [0.2, 0.25) is 0 Å². The number of ether oxygens (including phenoxy) is 1. The first-order chi connectivity index (χ1) is 11.7. The summed E-state index contributed by atoms with van der Waals surface area (Å²) in [4.78, 5) is 2.57. The standard InChI is InChI=1S/C20H30N2O2/c1-3-13-12-22-9-7-14(13)10-19(22)20(23)16-6-8-21-18-5-4-15(24-2)11-17(16)18/h4-5,11,13-14,16,19-21,23H,3,6-10,12H2,1-2H3/t13-,14-,16?,19+,20-/m0/s1. The number of nitrogens with one attached hydrogen (secondary N) is 1. The van der Waals surface area contributed by atoms with Crippen molar-refractivity contribution in [2.24, 2.45) is 11.8 Å². The lowest BCUT2D eigenvalue weighted by Gasteiger charge is -2.52. The van der Waals surface area contributed by atoms with E-state index in [1.807, 2.05) is 6.07 Å². The average Bonchev–Trinajstić information content (AvgIpc) is 2.66. The summed E-state index contributed by atoms with van der Waals surface area (Å²) in [6.07, 6.45) is 4.48. The number of methoxy groups -OCH3 is 1. The average molecular weight is 330 g/mol. The van der Waals surface area contributed by atoms with Crippen molar-refractivity contribution in [3.8, 4) is 5.75 Å². The molecule has 24 heavy (non-hydrogen) atoms. The lowest BCUT2D eigenvalue weighted by atomic mass is 9.70. The monoisotopic (exact) mass is 330 g/mol. The van der Waals surface area contributed by atoms with E-state index >= 15 is 0 Å². The first kappa shape index (κ1) is 16.2. The zero-order chi connectivity index (χ0) is 16.7. The summed E-state index contributed by atoms with van der Waals surface area (Å²) in [7, 11) is 1.71. The van der Waals surface area contributed by atoms with Gasteiger partial charge in [-0.1, -0.05) is 13.3 Å². The fraction of sp³-hybridized carbons (Fsp3) is 0.700. The molecule has 2 N–H and O–H groups in total. The summed E-state index contributed by atoms with van der Waals surface area (Å²) < 4.78 is 5.41. The third-order valence-electron chi connectivity index (χ3n) is 6.70. The van der Waals surface area contributed by atoms with Gasteiger partial charge in [-0.15, -0.1) is 0 Å². The number of anilines is 1. The van der Waals surface area contributed by atoms with E-state index in [1.54, 1.807) is 7.11 Å². The molecule has 0 aliphatic carbocycles. The number of rotatable bonds is 4. The fourth-order valence-corrected chi connectivity index (χ4v) is 5.27. The van der Waals surface area contributed by atoms with Gasteiger partial charge in [0, 0.05) is 30.7 Å². The maximum Gasteiger partial charge on any atom is 0.119 e. The molecule has 2 bridgehead atoms. The van der Waals surface area contributed by atoms with Gasteiger partial charge in [-0.05, 0) is 61.4 Å². The summed E-state index contributed by atoms with van der Waals surface area (Å²) in [5, 5.41) is 14.8. The molecule has 4 nitrogen and oxygen atoms in total. The van der Waals surface area contributed by atoms with Crippen LogP contribution in [0.2, 0.25) is 0 Å². The first-order valence-corrected chi connectivity index (χ1v) is 9.55. The molecule has 0 radical (unpaired) electrons. The number of fused-ring (bicyclic) bond motifs is 4. The van der Waals surface area contributed by atoms with Crippen molar-refractivity contribution in [1.82, 2.24) is 4.90 Å². The van der Waals surface area contributed by atoms with Gasteiger partial charge < -0.3 is 15.2 Å². The molecule has 3 saturated heterocycles. The van der Waals surface area contributed by atoms with Crippen LogP contribution in [0.15, 0.2) is 18.2 Å². The molecule has 1 aromatic carbocycles. The topological polar surface area (TPSA) is 44.7 Å². The van der Waals surface area contributed by atoms with Gasteiger partial charge in [0.25, 0.3) is 0 Å². The Morgan fingerprint density at radius 1 is 1.38 bits per heavy atom. The van der Waals surface area contributed by atoms with Gasteiger partial charge in [0.15, 0.2) is 0 Å². The molecule has 6 atom stereocenters. The second-order valence-electron chi connectivity index (χ2n) is 7.78. The summed E-state index contributed by atoms with van der Waals surface area (Å²) in [5.74, 6) is 2.74. The highest BCUT2D eigenvalue weighted by molar-refractivity contribution is 5.58. The summed E-state index contributed by atoms with van der Waals surface area (Å²) >= 11 is 0. The molecule has 3 fully saturated rings. The van der Waals surface area contributed by atoms with E-state index in [0.717, 1.165) is 36.2 Å². The van der Waals surface area contributed by atoms with Crippen LogP contribution in [-0.4, -0.2) is 48.9 Å². The molecule has 0 aromatic heterocycles. The van der Waals surface area contributed by atoms with Gasteiger partial charge in [-0.2, -0.15) is 0 Å². The van der Waals surface area contributed by atoms with E-state index in [-0.39, 0.29) is 12.0 Å². The Kier molecular flexibility index (Phi) is 4.44. The molecule has 0 amide bonds. The maximum atomic E-state index is 11.3. The third kappa shape index (κ3) is 2.70. The Hall–Kier alpha value is -1.26. The molecule has 4 heterocycles. The molecule has 0 spiro atoms. The van der Waals surface area contributed by atoms with E-state index in [1.165, 1.54) is 37.9 Å². The minimum absolute atomic E-state index is 0.209. The number of aliphatic hydroxyl groups excluding tert-OH is 1. The van der Waals surface area contributed by atoms with Crippen molar-refractivity contribution in [2.75, 3.05) is 32.1 Å². The van der Waals surface area contributed by atoms with Crippen LogP contribution in [0.5, 0.6) is 5.75 Å². The van der Waals surface area contributed by atoms with E-state index < -0.39 is 0 Å². The predicted octanol–water partition coefficient (Wildman–Crippen LogP) is 3.08. The van der Waals surface area contributed by atoms with Crippen molar-refractivity contribution >= 4 is 5.69 Å². The molecule has 5 rings (SSSR count). The van der Waals surface area contributed by atoms with Gasteiger partial charge >= 0.3 is 0 Å². The zero-order valence-electron chi connectivity index (χ0n) is 14.9. The van der Waals surface area contributed by atoms with Gasteiger partial charge in [0.1, 0.15) is 5.75 Å². The Bertz CT molecular complexity index is 591. The zero-order valence-corrected chi connectivity index (χ0v) is 14.9. The Balaban J connectivity index is 1.57. The van der Waals surface area contributed by atoms with Crippen molar-refractivity contribution in [3.05, 3.63) is 23.8 Å². The lowest BCUT2D eigenvalue weighted by molar-refractivity contribution is -0.0638. The Morgan fingerprint density at radius 2 is 2.25 bits per heavy atom. The van der Waals surface area contributed by atoms with Crippen molar-refractivity contribution in [2.45, 2.75) is 50.7 Å². The highest BCUT2D eigenvalue weighted by atomic mass is 16.5. The summed E-state index contributed by atoms with van der Waals surface area (Å²) in [6, 6.07) is 6.53. The number of hydrogen-bond acceptors (Lipinski definition) is 4. The smallest absolute Gasteiger partial charge is 0.119 e. The minimum atomic E-state index is -0.279. The van der Waals surface area contributed by atoms with Crippen LogP contribution in [0.3, 0.4) is 0 Å². The highest BCUT2D eigenvalue weighted by Gasteiger charge is 2.44. The largest absolute Gasteiger partial charge is 0.497 e. The van der Waals surface area contributed by atoms with Gasteiger partial charge in [-0.25, -0.2) is 0 Å². The third-order valence-corrected chi connectivity index (χ3v) is 6.70. The van der Waals surface area contributed by atoms with Crippen LogP contribution in [0.4, 0.5) is 5.69 Å². The number of hydrogen-bond donors (Lipinski definition) is 2. The second kappa shape index (κ2) is 6.57. The van der Waals surface area contributed by atoms with Crippen molar-refractivity contribution < 1.29 is 9.84 Å². The van der Waals surface area contributed by atoms with Crippen LogP contribution in [0.1, 0.15) is 44.1 Å². The van der Waals surface area contributed by atoms with Crippen LogP contribution in [-0.2, 0) is 0 Å². The number of benzene rings is 1.